The summed E-state index contributed by atoms with van der Waals surface area (Å²) in [4.78, 5) is 25.4. The van der Waals surface area contributed by atoms with Gasteiger partial charge in [-0.1, -0.05) is 60.0 Å². The Kier molecular flexibility index (Phi) is 6.65. The minimum absolute atomic E-state index is 0.0227. The van der Waals surface area contributed by atoms with E-state index < -0.39 is 11.4 Å². The summed E-state index contributed by atoms with van der Waals surface area (Å²) in [7, 11) is 0. The maximum Gasteiger partial charge on any atom is 0.307 e. The molecule has 0 heterocycles. The van der Waals surface area contributed by atoms with Crippen molar-refractivity contribution in [2.75, 3.05) is 0 Å². The van der Waals surface area contributed by atoms with Gasteiger partial charge in [-0.15, -0.1) is 0 Å². The third kappa shape index (κ3) is 4.08. The van der Waals surface area contributed by atoms with Crippen molar-refractivity contribution < 1.29 is 14.7 Å². The summed E-state index contributed by atoms with van der Waals surface area (Å²) in [6, 6.07) is 0. The van der Waals surface area contributed by atoms with Gasteiger partial charge in [-0.05, 0) is 79.6 Å². The van der Waals surface area contributed by atoms with Crippen molar-refractivity contribution in [3.8, 4) is 0 Å². The Balaban J connectivity index is 1.80. The Morgan fingerprint density at radius 3 is 2.45 bits per heavy atom. The summed E-state index contributed by atoms with van der Waals surface area (Å²) in [5.74, 6) is 1.34. The quantitative estimate of drug-likeness (QED) is 0.527. The topological polar surface area (TPSA) is 54.4 Å². The minimum Gasteiger partial charge on any atom is -0.481 e. The van der Waals surface area contributed by atoms with Crippen molar-refractivity contribution in [3.63, 3.8) is 0 Å². The van der Waals surface area contributed by atoms with Gasteiger partial charge in [-0.25, -0.2) is 0 Å². The average molecular weight is 403 g/mol. The third-order valence-electron chi connectivity index (χ3n) is 9.24. The third-order valence-corrected chi connectivity index (χ3v) is 9.24. The van der Waals surface area contributed by atoms with Crippen molar-refractivity contribution >= 4 is 11.8 Å². The first-order valence-corrected chi connectivity index (χ1v) is 12.0. The lowest BCUT2D eigenvalue weighted by Gasteiger charge is -2.52. The summed E-state index contributed by atoms with van der Waals surface area (Å²) < 4.78 is 0. The van der Waals surface area contributed by atoms with Crippen LogP contribution in [0, 0.1) is 46.3 Å². The summed E-state index contributed by atoms with van der Waals surface area (Å²) in [6.45, 7) is 11.4. The van der Waals surface area contributed by atoms with E-state index in [2.05, 4.69) is 27.7 Å². The van der Waals surface area contributed by atoms with E-state index in [4.69, 9.17) is 0 Å². The highest BCUT2D eigenvalue weighted by molar-refractivity contribution is 5.96. The number of hydrogen-bond acceptors (Lipinski definition) is 2. The zero-order valence-electron chi connectivity index (χ0n) is 19.2. The molecule has 3 heteroatoms. The van der Waals surface area contributed by atoms with Crippen LogP contribution in [0.4, 0.5) is 0 Å². The van der Waals surface area contributed by atoms with Crippen LogP contribution < -0.4 is 0 Å². The molecule has 0 spiro atoms. The molecule has 2 saturated carbocycles. The van der Waals surface area contributed by atoms with Crippen molar-refractivity contribution in [1.82, 2.24) is 0 Å². The molecule has 0 unspecified atom stereocenters. The van der Waals surface area contributed by atoms with Gasteiger partial charge in [0.15, 0.2) is 5.78 Å². The molecule has 3 aliphatic rings. The van der Waals surface area contributed by atoms with Crippen LogP contribution in [-0.4, -0.2) is 16.9 Å². The highest BCUT2D eigenvalue weighted by Crippen LogP contribution is 2.64. The number of carboxylic acid groups (broad SMARTS) is 1. The van der Waals surface area contributed by atoms with E-state index in [0.717, 1.165) is 44.4 Å². The highest BCUT2D eigenvalue weighted by Gasteiger charge is 2.60. The zero-order chi connectivity index (χ0) is 21.4. The van der Waals surface area contributed by atoms with Crippen LogP contribution in [0.3, 0.4) is 0 Å². The number of carboxylic acids is 1. The monoisotopic (exact) mass is 402 g/mol. The maximum atomic E-state index is 12.8. The van der Waals surface area contributed by atoms with Gasteiger partial charge in [0.05, 0.1) is 5.92 Å². The van der Waals surface area contributed by atoms with Gasteiger partial charge >= 0.3 is 5.97 Å². The van der Waals surface area contributed by atoms with Crippen molar-refractivity contribution in [2.24, 2.45) is 46.3 Å². The van der Waals surface area contributed by atoms with Gasteiger partial charge in [0.25, 0.3) is 0 Å². The van der Waals surface area contributed by atoms with E-state index in [0.29, 0.717) is 11.8 Å². The lowest BCUT2D eigenvalue weighted by atomic mass is 9.50. The molecule has 0 saturated heterocycles. The smallest absolute Gasteiger partial charge is 0.307 e. The standard InChI is InChI=1S/C26H42O3/c1-17(2)9-8-10-18(3)19-12-13-20-23(24(28)29)21(14-16-25(19,20)4)26(5)15-7-6-11-22(26)27/h6,11,17-21,23H,7-10,12-16H2,1-5H3,(H,28,29)/t18-,19+,20-,21-,23+,25+,26+/m0/s1. The summed E-state index contributed by atoms with van der Waals surface area (Å²) in [6.07, 6.45) is 13.3. The second-order valence-corrected chi connectivity index (χ2v) is 11.3. The Labute approximate surface area is 177 Å². The predicted octanol–water partition coefficient (Wildman–Crippen LogP) is 6.52. The molecule has 0 radical (unpaired) electrons. The summed E-state index contributed by atoms with van der Waals surface area (Å²) in [5.41, 5.74) is -0.388. The van der Waals surface area contributed by atoms with Crippen molar-refractivity contribution in [1.29, 1.82) is 0 Å². The molecule has 2 fully saturated rings. The minimum atomic E-state index is -0.664. The van der Waals surface area contributed by atoms with Crippen LogP contribution in [0.25, 0.3) is 0 Å². The van der Waals surface area contributed by atoms with E-state index in [9.17, 15) is 14.7 Å². The molecule has 3 aliphatic carbocycles. The Morgan fingerprint density at radius 1 is 1.10 bits per heavy atom. The van der Waals surface area contributed by atoms with Gasteiger partial charge in [0.1, 0.15) is 0 Å². The van der Waals surface area contributed by atoms with Gasteiger partial charge in [0.2, 0.25) is 0 Å². The Bertz CT molecular complexity index is 650. The fourth-order valence-electron chi connectivity index (χ4n) is 7.48. The summed E-state index contributed by atoms with van der Waals surface area (Å²) in [5, 5.41) is 10.3. The predicted molar refractivity (Wildman–Crippen MR) is 118 cm³/mol. The van der Waals surface area contributed by atoms with E-state index in [-0.39, 0.29) is 29.0 Å². The molecule has 0 amide bonds. The number of hydrogen-bond donors (Lipinski definition) is 1. The number of carbonyl (C=O) groups excluding carboxylic acids is 1. The number of rotatable bonds is 7. The molecule has 0 aliphatic heterocycles. The normalized spacial score (nSPS) is 40.8. The van der Waals surface area contributed by atoms with Crippen LogP contribution in [-0.2, 0) is 9.59 Å². The molecule has 29 heavy (non-hydrogen) atoms. The van der Waals surface area contributed by atoms with Crippen molar-refractivity contribution in [3.05, 3.63) is 12.2 Å². The molecule has 3 rings (SSSR count). The Morgan fingerprint density at radius 2 is 1.83 bits per heavy atom. The van der Waals surface area contributed by atoms with Gasteiger partial charge in [-0.3, -0.25) is 9.59 Å². The molecule has 0 bridgehead atoms. The first-order chi connectivity index (χ1) is 13.6. The van der Waals surface area contributed by atoms with E-state index in [1.807, 2.05) is 13.0 Å². The Hall–Kier alpha value is -1.12. The number of aliphatic carboxylic acids is 1. The molecule has 0 aromatic rings. The van der Waals surface area contributed by atoms with Crippen LogP contribution in [0.1, 0.15) is 92.4 Å². The number of carbonyl (C=O) groups is 2. The van der Waals surface area contributed by atoms with Crippen molar-refractivity contribution in [2.45, 2.75) is 92.4 Å². The van der Waals surface area contributed by atoms with Gasteiger partial charge in [0, 0.05) is 5.41 Å². The van der Waals surface area contributed by atoms with E-state index in [1.165, 1.54) is 19.3 Å². The van der Waals surface area contributed by atoms with E-state index >= 15 is 0 Å². The lowest BCUT2D eigenvalue weighted by Crippen LogP contribution is -2.52. The largest absolute Gasteiger partial charge is 0.481 e. The molecular weight excluding hydrogens is 360 g/mol. The number of fused-ring (bicyclic) bond motifs is 1. The molecule has 0 aromatic heterocycles. The SMILES string of the molecule is CC(C)CCC[C@H](C)[C@H]1CC[C@H]2[C@@H](C(=O)O)[C@@H]([C@@]3(C)CCC=CC3=O)CC[C@]12C. The first kappa shape index (κ1) is 22.6. The van der Waals surface area contributed by atoms with Crippen LogP contribution in [0.5, 0.6) is 0 Å². The molecule has 164 valence electrons. The molecular formula is C26H42O3. The fourth-order valence-corrected chi connectivity index (χ4v) is 7.48. The average Bonchev–Trinajstić information content (AvgIpc) is 2.99. The number of allylic oxidation sites excluding steroid dienone is 2. The maximum absolute atomic E-state index is 12.8. The van der Waals surface area contributed by atoms with Crippen LogP contribution in [0.15, 0.2) is 12.2 Å². The first-order valence-electron chi connectivity index (χ1n) is 12.0. The fraction of sp³-hybridized carbons (Fsp3) is 0.846. The van der Waals surface area contributed by atoms with Gasteiger partial charge < -0.3 is 5.11 Å². The lowest BCUT2D eigenvalue weighted by molar-refractivity contribution is -0.159. The second kappa shape index (κ2) is 8.55. The highest BCUT2D eigenvalue weighted by atomic mass is 16.4. The number of ketones is 1. The van der Waals surface area contributed by atoms with Gasteiger partial charge in [-0.2, -0.15) is 0 Å². The molecule has 3 nitrogen and oxygen atoms in total. The molecule has 7 atom stereocenters. The van der Waals surface area contributed by atoms with Crippen LogP contribution in [0.2, 0.25) is 0 Å². The second-order valence-electron chi connectivity index (χ2n) is 11.3. The van der Waals surface area contributed by atoms with E-state index in [1.54, 1.807) is 6.08 Å². The summed E-state index contributed by atoms with van der Waals surface area (Å²) >= 11 is 0. The van der Waals surface area contributed by atoms with Crippen LogP contribution >= 0.6 is 0 Å². The molecule has 1 N–H and O–H groups in total. The molecule has 0 aromatic carbocycles. The zero-order valence-corrected chi connectivity index (χ0v) is 19.2.